The smallest absolute Gasteiger partial charge is 0.279 e. The first-order chi connectivity index (χ1) is 12.3. The third-order valence-corrected chi connectivity index (χ3v) is 5.37. The Morgan fingerprint density at radius 1 is 1.23 bits per heavy atom. The summed E-state index contributed by atoms with van der Waals surface area (Å²) < 4.78 is 2.81. The molecule has 0 saturated heterocycles. The lowest BCUT2D eigenvalue weighted by Gasteiger charge is -2.18. The number of halogens is 1. The molecule has 1 aromatic heterocycles. The zero-order chi connectivity index (χ0) is 18.9. The van der Waals surface area contributed by atoms with Crippen LogP contribution in [0.4, 0.5) is 0 Å². The number of carbonyl (C=O) groups is 1. The average Bonchev–Trinajstić information content (AvgIpc) is 2.91. The minimum atomic E-state index is -0.283. The lowest BCUT2D eigenvalue weighted by atomic mass is 9.87. The fourth-order valence-corrected chi connectivity index (χ4v) is 3.94. The van der Waals surface area contributed by atoms with Crippen LogP contribution < -0.4 is 4.80 Å². The van der Waals surface area contributed by atoms with E-state index < -0.39 is 0 Å². The molecule has 0 saturated carbocycles. The van der Waals surface area contributed by atoms with Crippen molar-refractivity contribution in [1.29, 1.82) is 0 Å². The number of thiazole rings is 1. The molecule has 0 N–H and O–H groups in total. The third-order valence-electron chi connectivity index (χ3n) is 4.09. The van der Waals surface area contributed by atoms with Crippen molar-refractivity contribution >= 4 is 39.1 Å². The second-order valence-electron chi connectivity index (χ2n) is 7.03. The summed E-state index contributed by atoms with van der Waals surface area (Å²) in [5.74, 6) is 2.34. The maximum Gasteiger partial charge on any atom is 0.279 e. The van der Waals surface area contributed by atoms with Crippen LogP contribution in [0.2, 0.25) is 5.02 Å². The first-order valence-corrected chi connectivity index (χ1v) is 9.41. The normalized spacial score (nSPS) is 12.3. The highest BCUT2D eigenvalue weighted by molar-refractivity contribution is 7.16. The SMILES string of the molecule is C#CCn1c(=NC(=O)c2ccc(C(C)(C)C)cc2)sc2cc(Cl)ccc21. The number of hydrogen-bond acceptors (Lipinski definition) is 2. The molecule has 1 amide bonds. The largest absolute Gasteiger partial charge is 0.305 e. The van der Waals surface area contributed by atoms with Crippen LogP contribution in [0.25, 0.3) is 10.2 Å². The quantitative estimate of drug-likeness (QED) is 0.572. The van der Waals surface area contributed by atoms with Crippen LogP contribution in [0.5, 0.6) is 0 Å². The Bertz CT molecular complexity index is 1080. The van der Waals surface area contributed by atoms with Crippen LogP contribution in [-0.4, -0.2) is 10.5 Å². The van der Waals surface area contributed by atoms with E-state index >= 15 is 0 Å². The fourth-order valence-electron chi connectivity index (χ4n) is 2.64. The van der Waals surface area contributed by atoms with Gasteiger partial charge in [0.15, 0.2) is 4.80 Å². The van der Waals surface area contributed by atoms with Crippen LogP contribution in [0, 0.1) is 12.3 Å². The van der Waals surface area contributed by atoms with Crippen molar-refractivity contribution in [1.82, 2.24) is 4.57 Å². The van der Waals surface area contributed by atoms with E-state index in [2.05, 4.69) is 31.7 Å². The van der Waals surface area contributed by atoms with Crippen molar-refractivity contribution in [2.75, 3.05) is 0 Å². The molecule has 0 atom stereocenters. The van der Waals surface area contributed by atoms with E-state index in [1.54, 1.807) is 6.07 Å². The second kappa shape index (κ2) is 7.11. The van der Waals surface area contributed by atoms with Crippen molar-refractivity contribution in [3.8, 4) is 12.3 Å². The molecule has 5 heteroatoms. The van der Waals surface area contributed by atoms with Gasteiger partial charge in [-0.1, -0.05) is 61.8 Å². The molecule has 0 aliphatic rings. The lowest BCUT2D eigenvalue weighted by Crippen LogP contribution is -2.16. The Morgan fingerprint density at radius 3 is 2.54 bits per heavy atom. The van der Waals surface area contributed by atoms with Gasteiger partial charge in [0.25, 0.3) is 5.91 Å². The number of fused-ring (bicyclic) bond motifs is 1. The molecule has 132 valence electrons. The predicted octanol–water partition coefficient (Wildman–Crippen LogP) is 5.03. The van der Waals surface area contributed by atoms with E-state index in [4.69, 9.17) is 18.0 Å². The molecule has 0 fully saturated rings. The van der Waals surface area contributed by atoms with Crippen LogP contribution >= 0.6 is 22.9 Å². The maximum atomic E-state index is 12.6. The molecule has 3 nitrogen and oxygen atoms in total. The molecule has 0 radical (unpaired) electrons. The molecule has 0 aliphatic heterocycles. The van der Waals surface area contributed by atoms with E-state index in [0.29, 0.717) is 21.9 Å². The number of nitrogens with zero attached hydrogens (tertiary/aromatic N) is 2. The number of hydrogen-bond donors (Lipinski definition) is 0. The fraction of sp³-hybridized carbons (Fsp3) is 0.238. The van der Waals surface area contributed by atoms with Gasteiger partial charge in [0, 0.05) is 10.6 Å². The standard InChI is InChI=1S/C21H19ClN2OS/c1-5-12-24-17-11-10-16(22)13-18(17)26-20(24)23-19(25)14-6-8-15(9-7-14)21(2,3)4/h1,6-11,13H,12H2,2-4H3. The van der Waals surface area contributed by atoms with Crippen LogP contribution in [0.1, 0.15) is 36.7 Å². The lowest BCUT2D eigenvalue weighted by molar-refractivity contribution is 0.0998. The molecule has 2 aromatic carbocycles. The Morgan fingerprint density at radius 2 is 1.92 bits per heavy atom. The highest BCUT2D eigenvalue weighted by atomic mass is 35.5. The van der Waals surface area contributed by atoms with Crippen molar-refractivity contribution < 1.29 is 4.79 Å². The molecule has 3 aromatic rings. The summed E-state index contributed by atoms with van der Waals surface area (Å²) in [5, 5.41) is 0.641. The van der Waals surface area contributed by atoms with Crippen LogP contribution in [0.15, 0.2) is 47.5 Å². The van der Waals surface area contributed by atoms with E-state index in [-0.39, 0.29) is 11.3 Å². The minimum absolute atomic E-state index is 0.0410. The van der Waals surface area contributed by atoms with E-state index in [9.17, 15) is 4.79 Å². The van der Waals surface area contributed by atoms with Gasteiger partial charge in [-0.05, 0) is 41.3 Å². The van der Waals surface area contributed by atoms with Crippen molar-refractivity contribution in [3.63, 3.8) is 0 Å². The zero-order valence-corrected chi connectivity index (χ0v) is 16.5. The molecular formula is C21H19ClN2OS. The van der Waals surface area contributed by atoms with Gasteiger partial charge in [0.2, 0.25) is 0 Å². The summed E-state index contributed by atoms with van der Waals surface area (Å²) in [7, 11) is 0. The highest BCUT2D eigenvalue weighted by Crippen LogP contribution is 2.23. The third kappa shape index (κ3) is 3.75. The summed E-state index contributed by atoms with van der Waals surface area (Å²) in [6, 6.07) is 13.2. The van der Waals surface area contributed by atoms with Gasteiger partial charge in [0.1, 0.15) is 0 Å². The molecule has 26 heavy (non-hydrogen) atoms. The number of benzene rings is 2. The maximum absolute atomic E-state index is 12.6. The first kappa shape index (κ1) is 18.4. The Kier molecular flexibility index (Phi) is 5.04. The van der Waals surface area contributed by atoms with Gasteiger partial charge in [-0.2, -0.15) is 4.99 Å². The van der Waals surface area contributed by atoms with Gasteiger partial charge in [-0.3, -0.25) is 4.79 Å². The van der Waals surface area contributed by atoms with Gasteiger partial charge in [-0.25, -0.2) is 0 Å². The number of rotatable bonds is 2. The number of carbonyl (C=O) groups excluding carboxylic acids is 1. The van der Waals surface area contributed by atoms with E-state index in [0.717, 1.165) is 10.2 Å². The highest BCUT2D eigenvalue weighted by Gasteiger charge is 2.14. The molecule has 0 spiro atoms. The topological polar surface area (TPSA) is 34.4 Å². The number of terminal acetylenes is 1. The van der Waals surface area contributed by atoms with Crippen molar-refractivity contribution in [2.45, 2.75) is 32.7 Å². The van der Waals surface area contributed by atoms with Crippen LogP contribution in [-0.2, 0) is 12.0 Å². The number of aromatic nitrogens is 1. The van der Waals surface area contributed by atoms with Gasteiger partial charge < -0.3 is 4.57 Å². The summed E-state index contributed by atoms with van der Waals surface area (Å²) in [4.78, 5) is 17.5. The van der Waals surface area contributed by atoms with E-state index in [1.165, 1.54) is 16.9 Å². The molecule has 0 unspecified atom stereocenters. The predicted molar refractivity (Wildman–Crippen MR) is 109 cm³/mol. The summed E-state index contributed by atoms with van der Waals surface area (Å²) in [6.45, 7) is 6.76. The molecule has 3 rings (SSSR count). The zero-order valence-electron chi connectivity index (χ0n) is 14.9. The van der Waals surface area contributed by atoms with Crippen LogP contribution in [0.3, 0.4) is 0 Å². The summed E-state index contributed by atoms with van der Waals surface area (Å²) >= 11 is 7.47. The van der Waals surface area contributed by atoms with Gasteiger partial charge in [0.05, 0.1) is 16.8 Å². The molecular weight excluding hydrogens is 364 g/mol. The van der Waals surface area contributed by atoms with Crippen molar-refractivity contribution in [3.05, 3.63) is 63.4 Å². The summed E-state index contributed by atoms with van der Waals surface area (Å²) in [5.41, 5.74) is 2.69. The Balaban J connectivity index is 2.05. The molecule has 0 bridgehead atoms. The molecule has 1 heterocycles. The molecule has 0 aliphatic carbocycles. The van der Waals surface area contributed by atoms with Gasteiger partial charge >= 0.3 is 0 Å². The van der Waals surface area contributed by atoms with Crippen molar-refractivity contribution in [2.24, 2.45) is 4.99 Å². The number of amides is 1. The second-order valence-corrected chi connectivity index (χ2v) is 8.48. The average molecular weight is 383 g/mol. The minimum Gasteiger partial charge on any atom is -0.305 e. The monoisotopic (exact) mass is 382 g/mol. The first-order valence-electron chi connectivity index (χ1n) is 8.21. The summed E-state index contributed by atoms with van der Waals surface area (Å²) in [6.07, 6.45) is 5.49. The van der Waals surface area contributed by atoms with E-state index in [1.807, 2.05) is 41.0 Å². The Hall–Kier alpha value is -2.35. The Labute approximate surface area is 162 Å². The van der Waals surface area contributed by atoms with Gasteiger partial charge in [-0.15, -0.1) is 6.42 Å².